The lowest BCUT2D eigenvalue weighted by Crippen LogP contribution is -1.96. The highest BCUT2D eigenvalue weighted by molar-refractivity contribution is 6.43. The Morgan fingerprint density at radius 2 is 1.73 bits per heavy atom. The van der Waals surface area contributed by atoms with Gasteiger partial charge >= 0.3 is 0 Å². The van der Waals surface area contributed by atoms with E-state index < -0.39 is 0 Å². The molecule has 0 amide bonds. The van der Waals surface area contributed by atoms with Crippen molar-refractivity contribution in [2.24, 2.45) is 4.99 Å². The summed E-state index contributed by atoms with van der Waals surface area (Å²) in [6, 6.07) is 8.73. The molecular weight excluding hydrogens is 345 g/mol. The Hall–Kier alpha value is -1.42. The molecule has 116 valence electrons. The molecule has 0 radical (unpaired) electrons. The zero-order valence-corrected chi connectivity index (χ0v) is 14.3. The van der Waals surface area contributed by atoms with Crippen LogP contribution in [0.25, 0.3) is 0 Å². The van der Waals surface area contributed by atoms with Gasteiger partial charge in [0.2, 0.25) is 0 Å². The molecule has 0 aliphatic heterocycles. The Morgan fingerprint density at radius 3 is 2.41 bits per heavy atom. The maximum atomic E-state index is 6.09. The Bertz CT molecular complexity index is 702. The van der Waals surface area contributed by atoms with Gasteiger partial charge in [-0.3, -0.25) is 4.99 Å². The van der Waals surface area contributed by atoms with Gasteiger partial charge in [-0.25, -0.2) is 0 Å². The SMILES string of the molecule is CCOc1ccc(C=Nc2cc(Cl)c(Cl)cc2Cl)cc1OC. The van der Waals surface area contributed by atoms with Gasteiger partial charge in [-0.1, -0.05) is 34.8 Å². The minimum absolute atomic E-state index is 0.397. The van der Waals surface area contributed by atoms with Crippen molar-refractivity contribution in [3.8, 4) is 11.5 Å². The molecule has 2 aromatic carbocycles. The van der Waals surface area contributed by atoms with E-state index >= 15 is 0 Å². The van der Waals surface area contributed by atoms with E-state index in [9.17, 15) is 0 Å². The van der Waals surface area contributed by atoms with Crippen LogP contribution >= 0.6 is 34.8 Å². The normalized spacial score (nSPS) is 11.0. The fourth-order valence-corrected chi connectivity index (χ4v) is 2.38. The summed E-state index contributed by atoms with van der Waals surface area (Å²) in [5, 5.41) is 1.24. The lowest BCUT2D eigenvalue weighted by Gasteiger charge is -2.09. The smallest absolute Gasteiger partial charge is 0.161 e. The summed E-state index contributed by atoms with van der Waals surface area (Å²) in [6.45, 7) is 2.49. The van der Waals surface area contributed by atoms with E-state index in [2.05, 4.69) is 4.99 Å². The van der Waals surface area contributed by atoms with Gasteiger partial charge in [0.25, 0.3) is 0 Å². The number of benzene rings is 2. The van der Waals surface area contributed by atoms with Crippen LogP contribution in [0.15, 0.2) is 35.3 Å². The summed E-state index contributed by atoms with van der Waals surface area (Å²) in [5.74, 6) is 1.33. The highest BCUT2D eigenvalue weighted by Crippen LogP contribution is 2.34. The van der Waals surface area contributed by atoms with Crippen LogP contribution in [0.2, 0.25) is 15.1 Å². The molecule has 0 bridgehead atoms. The maximum absolute atomic E-state index is 6.09. The average molecular weight is 359 g/mol. The standard InChI is InChI=1S/C16H14Cl3NO2/c1-3-22-15-5-4-10(6-16(15)21-2)9-20-14-8-12(18)11(17)7-13(14)19/h4-9H,3H2,1-2H3. The number of hydrogen-bond acceptors (Lipinski definition) is 3. The molecule has 0 saturated carbocycles. The van der Waals surface area contributed by atoms with Gasteiger partial charge in [-0.2, -0.15) is 0 Å². The second-order valence-corrected chi connectivity index (χ2v) is 5.54. The molecule has 2 rings (SSSR count). The van der Waals surface area contributed by atoms with Crippen LogP contribution in [0, 0.1) is 0 Å². The average Bonchev–Trinajstić information content (AvgIpc) is 2.51. The Kier molecular flexibility index (Phi) is 5.95. The van der Waals surface area contributed by atoms with E-state index in [1.165, 1.54) is 0 Å². The quantitative estimate of drug-likeness (QED) is 0.499. The molecule has 0 fully saturated rings. The molecule has 0 spiro atoms. The van der Waals surface area contributed by atoms with E-state index in [-0.39, 0.29) is 0 Å². The van der Waals surface area contributed by atoms with Crippen molar-refractivity contribution in [2.75, 3.05) is 13.7 Å². The summed E-state index contributed by atoms with van der Waals surface area (Å²) in [4.78, 5) is 4.33. The second-order valence-electron chi connectivity index (χ2n) is 4.32. The van der Waals surface area contributed by atoms with Gasteiger partial charge in [0.1, 0.15) is 0 Å². The highest BCUT2D eigenvalue weighted by atomic mass is 35.5. The molecular formula is C16H14Cl3NO2. The first-order valence-electron chi connectivity index (χ1n) is 6.54. The molecule has 0 heterocycles. The second kappa shape index (κ2) is 7.73. The minimum Gasteiger partial charge on any atom is -0.493 e. The first kappa shape index (κ1) is 16.9. The molecule has 0 unspecified atom stereocenters. The largest absolute Gasteiger partial charge is 0.493 e. The number of aliphatic imine (C=N–C) groups is 1. The van der Waals surface area contributed by atoms with Crippen LogP contribution in [-0.2, 0) is 0 Å². The maximum Gasteiger partial charge on any atom is 0.161 e. The number of methoxy groups -OCH3 is 1. The first-order valence-corrected chi connectivity index (χ1v) is 7.68. The number of nitrogens with zero attached hydrogens (tertiary/aromatic N) is 1. The van der Waals surface area contributed by atoms with Crippen molar-refractivity contribution in [2.45, 2.75) is 6.92 Å². The van der Waals surface area contributed by atoms with E-state index in [1.54, 1.807) is 25.5 Å². The molecule has 0 aliphatic rings. The summed E-state index contributed by atoms with van der Waals surface area (Å²) in [7, 11) is 1.59. The fraction of sp³-hybridized carbons (Fsp3) is 0.188. The van der Waals surface area contributed by atoms with Crippen molar-refractivity contribution >= 4 is 46.7 Å². The van der Waals surface area contributed by atoms with Crippen LogP contribution in [0.3, 0.4) is 0 Å². The van der Waals surface area contributed by atoms with Crippen molar-refractivity contribution in [1.82, 2.24) is 0 Å². The molecule has 6 heteroatoms. The molecule has 2 aromatic rings. The van der Waals surface area contributed by atoms with Crippen LogP contribution in [0.1, 0.15) is 12.5 Å². The van der Waals surface area contributed by atoms with E-state index in [0.29, 0.717) is 38.9 Å². The summed E-state index contributed by atoms with van der Waals surface area (Å²) < 4.78 is 10.8. The van der Waals surface area contributed by atoms with E-state index in [4.69, 9.17) is 44.3 Å². The molecule has 22 heavy (non-hydrogen) atoms. The topological polar surface area (TPSA) is 30.8 Å². The van der Waals surface area contributed by atoms with Crippen LogP contribution in [0.5, 0.6) is 11.5 Å². The zero-order valence-electron chi connectivity index (χ0n) is 12.1. The lowest BCUT2D eigenvalue weighted by molar-refractivity contribution is 0.311. The summed E-state index contributed by atoms with van der Waals surface area (Å²) in [6.07, 6.45) is 1.67. The van der Waals surface area contributed by atoms with Gasteiger partial charge in [-0.15, -0.1) is 0 Å². The lowest BCUT2D eigenvalue weighted by atomic mass is 10.2. The molecule has 0 saturated heterocycles. The van der Waals surface area contributed by atoms with Crippen LogP contribution < -0.4 is 9.47 Å². The third-order valence-corrected chi connectivity index (χ3v) is 3.85. The fourth-order valence-electron chi connectivity index (χ4n) is 1.79. The number of halogens is 3. The Balaban J connectivity index is 2.28. The van der Waals surface area contributed by atoms with Gasteiger partial charge in [0, 0.05) is 6.21 Å². The van der Waals surface area contributed by atoms with Crippen molar-refractivity contribution in [3.63, 3.8) is 0 Å². The van der Waals surface area contributed by atoms with Gasteiger partial charge in [-0.05, 0) is 42.8 Å². The van der Waals surface area contributed by atoms with E-state index in [0.717, 1.165) is 5.56 Å². The third kappa shape index (κ3) is 4.07. The monoisotopic (exact) mass is 357 g/mol. The third-order valence-electron chi connectivity index (χ3n) is 2.83. The summed E-state index contributed by atoms with van der Waals surface area (Å²) >= 11 is 18.0. The summed E-state index contributed by atoms with van der Waals surface area (Å²) in [5.41, 5.74) is 1.39. The highest BCUT2D eigenvalue weighted by Gasteiger charge is 2.06. The predicted octanol–water partition coefficient (Wildman–Crippen LogP) is 5.80. The Morgan fingerprint density at radius 1 is 1.00 bits per heavy atom. The van der Waals surface area contributed by atoms with Crippen molar-refractivity contribution < 1.29 is 9.47 Å². The first-order chi connectivity index (χ1) is 10.5. The minimum atomic E-state index is 0.397. The van der Waals surface area contributed by atoms with Gasteiger partial charge < -0.3 is 9.47 Å². The van der Waals surface area contributed by atoms with Crippen LogP contribution in [-0.4, -0.2) is 19.9 Å². The Labute approximate surface area is 144 Å². The molecule has 0 aliphatic carbocycles. The van der Waals surface area contributed by atoms with Gasteiger partial charge in [0.05, 0.1) is 34.5 Å². The van der Waals surface area contributed by atoms with Crippen molar-refractivity contribution in [3.05, 3.63) is 51.0 Å². The van der Waals surface area contributed by atoms with Gasteiger partial charge in [0.15, 0.2) is 11.5 Å². The molecule has 0 atom stereocenters. The number of hydrogen-bond donors (Lipinski definition) is 0. The zero-order chi connectivity index (χ0) is 16.1. The number of ether oxygens (including phenoxy) is 2. The van der Waals surface area contributed by atoms with Crippen molar-refractivity contribution in [1.29, 1.82) is 0 Å². The molecule has 0 aromatic heterocycles. The predicted molar refractivity (Wildman–Crippen MR) is 92.9 cm³/mol. The molecule has 0 N–H and O–H groups in total. The molecule has 3 nitrogen and oxygen atoms in total. The number of rotatable bonds is 5. The van der Waals surface area contributed by atoms with Crippen LogP contribution in [0.4, 0.5) is 5.69 Å². The van der Waals surface area contributed by atoms with E-state index in [1.807, 2.05) is 25.1 Å².